The molecule has 0 aromatic heterocycles. The Labute approximate surface area is 215 Å². The highest BCUT2D eigenvalue weighted by molar-refractivity contribution is 9.10. The summed E-state index contributed by atoms with van der Waals surface area (Å²) in [6, 6.07) is 12.0. The van der Waals surface area contributed by atoms with Crippen molar-refractivity contribution in [2.24, 2.45) is 0 Å². The summed E-state index contributed by atoms with van der Waals surface area (Å²) < 4.78 is 14.3. The molecule has 1 N–H and O–H groups in total. The van der Waals surface area contributed by atoms with Gasteiger partial charge in [-0.25, -0.2) is 4.39 Å². The molecule has 7 heteroatoms. The standard InChI is InChI=1S/C28H34BrFN2O3/c1-3-5-16-31(17-6-4-2)18-7-19-32-25(20-8-12-22(29)13-9-20)24(27(34)28(32)35)26(33)21-10-14-23(30)15-11-21/h8-15,25,33H,3-7,16-19H2,1-2H3/b26-24-. The first kappa shape index (κ1) is 27.1. The van der Waals surface area contributed by atoms with Crippen molar-refractivity contribution < 1.29 is 19.1 Å². The first-order valence-corrected chi connectivity index (χ1v) is 13.2. The fourth-order valence-corrected chi connectivity index (χ4v) is 4.69. The van der Waals surface area contributed by atoms with E-state index in [0.29, 0.717) is 12.1 Å². The van der Waals surface area contributed by atoms with Crippen molar-refractivity contribution in [3.8, 4) is 0 Å². The van der Waals surface area contributed by atoms with E-state index in [1.54, 1.807) is 4.90 Å². The predicted octanol–water partition coefficient (Wildman–Crippen LogP) is 6.30. The summed E-state index contributed by atoms with van der Waals surface area (Å²) in [5.74, 6) is -2.06. The highest BCUT2D eigenvalue weighted by Gasteiger charge is 2.45. The van der Waals surface area contributed by atoms with Gasteiger partial charge in [0.05, 0.1) is 11.6 Å². The molecule has 1 aliphatic rings. The number of Topliss-reactive ketones (excluding diaryl/α,β-unsaturated/α-hetero) is 1. The lowest BCUT2D eigenvalue weighted by Gasteiger charge is -2.27. The molecule has 0 saturated carbocycles. The van der Waals surface area contributed by atoms with E-state index in [9.17, 15) is 19.1 Å². The summed E-state index contributed by atoms with van der Waals surface area (Å²) in [6.45, 7) is 7.65. The minimum absolute atomic E-state index is 0.0396. The summed E-state index contributed by atoms with van der Waals surface area (Å²) in [4.78, 5) is 30.2. The molecule has 3 rings (SSSR count). The summed E-state index contributed by atoms with van der Waals surface area (Å²) in [6.07, 6.45) is 5.24. The van der Waals surface area contributed by atoms with Crippen LogP contribution in [0, 0.1) is 5.82 Å². The van der Waals surface area contributed by atoms with Crippen LogP contribution in [0.3, 0.4) is 0 Å². The van der Waals surface area contributed by atoms with E-state index in [2.05, 4.69) is 34.7 Å². The molecule has 0 bridgehead atoms. The fourth-order valence-electron chi connectivity index (χ4n) is 4.43. The molecule has 1 unspecified atom stereocenters. The average Bonchev–Trinajstić information content (AvgIpc) is 3.10. The molecule has 1 fully saturated rings. The van der Waals surface area contributed by atoms with Crippen LogP contribution in [-0.2, 0) is 9.59 Å². The third kappa shape index (κ3) is 6.79. The van der Waals surface area contributed by atoms with Crippen molar-refractivity contribution >= 4 is 33.4 Å². The quantitative estimate of drug-likeness (QED) is 0.193. The summed E-state index contributed by atoms with van der Waals surface area (Å²) in [5.41, 5.74) is 1.08. The Morgan fingerprint density at radius 1 is 0.943 bits per heavy atom. The number of ketones is 1. The number of unbranched alkanes of at least 4 members (excludes halogenated alkanes) is 2. The van der Waals surface area contributed by atoms with Crippen LogP contribution in [0.5, 0.6) is 0 Å². The van der Waals surface area contributed by atoms with Gasteiger partial charge in [-0.2, -0.15) is 0 Å². The molecular formula is C28H34BrFN2O3. The Balaban J connectivity index is 1.90. The summed E-state index contributed by atoms with van der Waals surface area (Å²) >= 11 is 3.43. The number of rotatable bonds is 12. The molecule has 5 nitrogen and oxygen atoms in total. The van der Waals surface area contributed by atoms with Gasteiger partial charge in [-0.15, -0.1) is 0 Å². The second kappa shape index (κ2) is 13.0. The van der Waals surface area contributed by atoms with Crippen LogP contribution in [0.4, 0.5) is 4.39 Å². The lowest BCUT2D eigenvalue weighted by molar-refractivity contribution is -0.140. The van der Waals surface area contributed by atoms with Crippen molar-refractivity contribution in [1.82, 2.24) is 9.80 Å². The molecule has 2 aromatic carbocycles. The third-order valence-corrected chi connectivity index (χ3v) is 6.90. The van der Waals surface area contributed by atoms with Crippen LogP contribution >= 0.6 is 15.9 Å². The van der Waals surface area contributed by atoms with Crippen LogP contribution in [-0.4, -0.2) is 52.8 Å². The molecule has 1 heterocycles. The van der Waals surface area contributed by atoms with Gasteiger partial charge < -0.3 is 14.9 Å². The van der Waals surface area contributed by atoms with E-state index < -0.39 is 23.5 Å². The van der Waals surface area contributed by atoms with E-state index in [0.717, 1.165) is 61.8 Å². The van der Waals surface area contributed by atoms with E-state index in [4.69, 9.17) is 0 Å². The number of hydrogen-bond acceptors (Lipinski definition) is 4. The number of aliphatic hydroxyl groups excluding tert-OH is 1. The van der Waals surface area contributed by atoms with Gasteiger partial charge in [0.1, 0.15) is 11.6 Å². The van der Waals surface area contributed by atoms with E-state index in [1.807, 2.05) is 24.3 Å². The number of nitrogens with zero attached hydrogens (tertiary/aromatic N) is 2. The smallest absolute Gasteiger partial charge is 0.295 e. The fraction of sp³-hybridized carbons (Fsp3) is 0.429. The van der Waals surface area contributed by atoms with Gasteiger partial charge in [0.25, 0.3) is 11.7 Å². The zero-order chi connectivity index (χ0) is 25.4. The van der Waals surface area contributed by atoms with Crippen molar-refractivity contribution in [2.45, 2.75) is 52.0 Å². The van der Waals surface area contributed by atoms with E-state index in [-0.39, 0.29) is 11.3 Å². The molecule has 0 spiro atoms. The molecule has 1 amide bonds. The Kier molecular flexibility index (Phi) is 10.0. The van der Waals surface area contributed by atoms with Crippen molar-refractivity contribution in [3.63, 3.8) is 0 Å². The van der Waals surface area contributed by atoms with Crippen LogP contribution in [0.1, 0.15) is 63.1 Å². The number of amides is 1. The van der Waals surface area contributed by atoms with Gasteiger partial charge in [0, 0.05) is 16.6 Å². The Bertz CT molecular complexity index is 1030. The number of benzene rings is 2. The highest BCUT2D eigenvalue weighted by Crippen LogP contribution is 2.39. The van der Waals surface area contributed by atoms with Gasteiger partial charge in [-0.05, 0) is 80.9 Å². The predicted molar refractivity (Wildman–Crippen MR) is 140 cm³/mol. The molecule has 1 saturated heterocycles. The molecule has 188 valence electrons. The minimum atomic E-state index is -0.714. The number of halogens is 2. The topological polar surface area (TPSA) is 60.9 Å². The molecule has 1 atom stereocenters. The molecule has 1 aliphatic heterocycles. The first-order valence-electron chi connectivity index (χ1n) is 12.4. The SMILES string of the molecule is CCCCN(CCCC)CCCN1C(=O)C(=O)/C(=C(\O)c2ccc(F)cc2)C1c1ccc(Br)cc1. The number of hydrogen-bond donors (Lipinski definition) is 1. The van der Waals surface area contributed by atoms with Crippen LogP contribution in [0.25, 0.3) is 5.76 Å². The Morgan fingerprint density at radius 3 is 2.09 bits per heavy atom. The second-order valence-corrected chi connectivity index (χ2v) is 9.87. The maximum absolute atomic E-state index is 13.4. The van der Waals surface area contributed by atoms with Gasteiger partial charge in [0.15, 0.2) is 0 Å². The lowest BCUT2D eigenvalue weighted by atomic mass is 9.95. The van der Waals surface area contributed by atoms with Crippen molar-refractivity contribution in [1.29, 1.82) is 0 Å². The van der Waals surface area contributed by atoms with Crippen LogP contribution in [0.2, 0.25) is 0 Å². The van der Waals surface area contributed by atoms with E-state index in [1.165, 1.54) is 24.3 Å². The van der Waals surface area contributed by atoms with Gasteiger partial charge in [-0.1, -0.05) is 54.8 Å². The van der Waals surface area contributed by atoms with E-state index >= 15 is 0 Å². The maximum atomic E-state index is 13.4. The Hall–Kier alpha value is -2.51. The summed E-state index contributed by atoms with van der Waals surface area (Å²) in [7, 11) is 0. The third-order valence-electron chi connectivity index (χ3n) is 6.37. The van der Waals surface area contributed by atoms with Gasteiger partial charge >= 0.3 is 0 Å². The van der Waals surface area contributed by atoms with Crippen molar-refractivity contribution in [3.05, 3.63) is 75.5 Å². The number of aliphatic hydroxyl groups is 1. The van der Waals surface area contributed by atoms with Crippen LogP contribution < -0.4 is 0 Å². The van der Waals surface area contributed by atoms with Crippen LogP contribution in [0.15, 0.2) is 58.6 Å². The largest absolute Gasteiger partial charge is 0.507 e. The monoisotopic (exact) mass is 544 g/mol. The maximum Gasteiger partial charge on any atom is 0.295 e. The molecular weight excluding hydrogens is 511 g/mol. The first-order chi connectivity index (χ1) is 16.9. The minimum Gasteiger partial charge on any atom is -0.507 e. The normalized spacial score (nSPS) is 17.5. The molecule has 2 aromatic rings. The van der Waals surface area contributed by atoms with Crippen molar-refractivity contribution in [2.75, 3.05) is 26.2 Å². The Morgan fingerprint density at radius 2 is 1.51 bits per heavy atom. The number of likely N-dealkylation sites (tertiary alicyclic amines) is 1. The second-order valence-electron chi connectivity index (χ2n) is 8.95. The van der Waals surface area contributed by atoms with Gasteiger partial charge in [0.2, 0.25) is 0 Å². The zero-order valence-electron chi connectivity index (χ0n) is 20.5. The summed E-state index contributed by atoms with van der Waals surface area (Å²) in [5, 5.41) is 11.1. The molecule has 0 radical (unpaired) electrons. The average molecular weight is 545 g/mol. The lowest BCUT2D eigenvalue weighted by Crippen LogP contribution is -2.34. The van der Waals surface area contributed by atoms with Gasteiger partial charge in [-0.3, -0.25) is 9.59 Å². The zero-order valence-corrected chi connectivity index (χ0v) is 22.1. The molecule has 0 aliphatic carbocycles. The highest BCUT2D eigenvalue weighted by atomic mass is 79.9. The number of carbonyl (C=O) groups is 2. The molecule has 35 heavy (non-hydrogen) atoms. The number of carbonyl (C=O) groups excluding carboxylic acids is 2.